The van der Waals surface area contributed by atoms with Gasteiger partial charge in [-0.25, -0.2) is 9.78 Å². The van der Waals surface area contributed by atoms with Crippen molar-refractivity contribution >= 4 is 33.3 Å². The van der Waals surface area contributed by atoms with E-state index in [0.29, 0.717) is 0 Å². The third kappa shape index (κ3) is 2.75. The predicted octanol–water partition coefficient (Wildman–Crippen LogP) is 1.57. The minimum Gasteiger partial charge on any atom is -0.478 e. The van der Waals surface area contributed by atoms with Gasteiger partial charge in [0, 0.05) is 12.7 Å². The number of carbonyl (C=O) groups is 1. The van der Waals surface area contributed by atoms with Gasteiger partial charge in [0.1, 0.15) is 5.15 Å². The Balaban J connectivity index is 2.29. The van der Waals surface area contributed by atoms with Gasteiger partial charge in [0.05, 0.1) is 11.9 Å². The molecule has 0 aliphatic carbocycles. The number of nitrogens with zero attached hydrogens (tertiary/aromatic N) is 2. The van der Waals surface area contributed by atoms with Crippen LogP contribution in [0.3, 0.4) is 0 Å². The van der Waals surface area contributed by atoms with Crippen molar-refractivity contribution in [2.45, 2.75) is 5.03 Å². The van der Waals surface area contributed by atoms with E-state index >= 15 is 0 Å². The van der Waals surface area contributed by atoms with Crippen molar-refractivity contribution in [1.29, 1.82) is 0 Å². The van der Waals surface area contributed by atoms with Crippen LogP contribution >= 0.6 is 11.6 Å². The van der Waals surface area contributed by atoms with Crippen LogP contribution in [-0.2, 0) is 17.1 Å². The van der Waals surface area contributed by atoms with Crippen molar-refractivity contribution in [3.63, 3.8) is 0 Å². The Morgan fingerprint density at radius 1 is 1.35 bits per heavy atom. The van der Waals surface area contributed by atoms with E-state index in [-0.39, 0.29) is 21.4 Å². The van der Waals surface area contributed by atoms with E-state index in [1.54, 1.807) is 7.05 Å². The van der Waals surface area contributed by atoms with Crippen LogP contribution in [0.1, 0.15) is 10.4 Å². The van der Waals surface area contributed by atoms with Crippen LogP contribution in [0.15, 0.2) is 35.6 Å². The monoisotopic (exact) mass is 315 g/mol. The SMILES string of the molecule is Cn1cnc(S(=O)(=O)Nc2ccc(C(=O)O)cc2)c1Cl. The maximum absolute atomic E-state index is 12.1. The summed E-state index contributed by atoms with van der Waals surface area (Å²) in [7, 11) is -2.35. The molecule has 106 valence electrons. The van der Waals surface area contributed by atoms with Crippen molar-refractivity contribution in [2.24, 2.45) is 7.05 Å². The molecule has 0 unspecified atom stereocenters. The number of anilines is 1. The summed E-state index contributed by atoms with van der Waals surface area (Å²) in [5.74, 6) is -1.09. The van der Waals surface area contributed by atoms with E-state index in [9.17, 15) is 13.2 Å². The maximum Gasteiger partial charge on any atom is 0.335 e. The second-order valence-electron chi connectivity index (χ2n) is 3.94. The highest BCUT2D eigenvalue weighted by atomic mass is 35.5. The molecule has 2 aromatic rings. The number of aromatic nitrogens is 2. The molecular weight excluding hydrogens is 306 g/mol. The molecule has 7 nitrogen and oxygen atoms in total. The number of imidazole rings is 1. The van der Waals surface area contributed by atoms with Gasteiger partial charge in [-0.3, -0.25) is 4.72 Å². The van der Waals surface area contributed by atoms with Crippen LogP contribution in [0.2, 0.25) is 5.15 Å². The molecule has 1 aromatic heterocycles. The fraction of sp³-hybridized carbons (Fsp3) is 0.0909. The summed E-state index contributed by atoms with van der Waals surface area (Å²) < 4.78 is 27.8. The van der Waals surface area contributed by atoms with Gasteiger partial charge in [-0.05, 0) is 24.3 Å². The number of nitrogens with one attached hydrogen (secondary N) is 1. The molecule has 2 rings (SSSR count). The number of hydrogen-bond donors (Lipinski definition) is 2. The first-order chi connectivity index (χ1) is 9.31. The zero-order valence-corrected chi connectivity index (χ0v) is 11.8. The number of aryl methyl sites for hydroxylation is 1. The Morgan fingerprint density at radius 3 is 2.40 bits per heavy atom. The molecule has 0 saturated carbocycles. The van der Waals surface area contributed by atoms with Gasteiger partial charge in [0.15, 0.2) is 0 Å². The second kappa shape index (κ2) is 5.14. The van der Waals surface area contributed by atoms with Crippen molar-refractivity contribution in [1.82, 2.24) is 9.55 Å². The third-order valence-corrected chi connectivity index (χ3v) is 4.34. The Hall–Kier alpha value is -2.06. The highest BCUT2D eigenvalue weighted by Gasteiger charge is 2.22. The van der Waals surface area contributed by atoms with Crippen molar-refractivity contribution < 1.29 is 18.3 Å². The van der Waals surface area contributed by atoms with Gasteiger partial charge >= 0.3 is 5.97 Å². The summed E-state index contributed by atoms with van der Waals surface area (Å²) >= 11 is 5.83. The Morgan fingerprint density at radius 2 is 1.95 bits per heavy atom. The summed E-state index contributed by atoms with van der Waals surface area (Å²) in [6.45, 7) is 0. The van der Waals surface area contributed by atoms with E-state index in [2.05, 4.69) is 9.71 Å². The number of rotatable bonds is 4. The molecule has 0 aliphatic heterocycles. The predicted molar refractivity (Wildman–Crippen MR) is 72.4 cm³/mol. The lowest BCUT2D eigenvalue weighted by molar-refractivity contribution is 0.0697. The zero-order valence-electron chi connectivity index (χ0n) is 10.2. The lowest BCUT2D eigenvalue weighted by atomic mass is 10.2. The number of hydrogen-bond acceptors (Lipinski definition) is 4. The van der Waals surface area contributed by atoms with Gasteiger partial charge < -0.3 is 9.67 Å². The number of carboxylic acid groups (broad SMARTS) is 1. The molecule has 0 bridgehead atoms. The number of aromatic carboxylic acids is 1. The van der Waals surface area contributed by atoms with Gasteiger partial charge in [-0.2, -0.15) is 8.42 Å². The van der Waals surface area contributed by atoms with Crippen LogP contribution in [-0.4, -0.2) is 29.0 Å². The fourth-order valence-corrected chi connectivity index (χ4v) is 2.95. The Bertz CT molecular complexity index is 752. The van der Waals surface area contributed by atoms with Crippen LogP contribution < -0.4 is 4.72 Å². The first-order valence-electron chi connectivity index (χ1n) is 5.34. The summed E-state index contributed by atoms with van der Waals surface area (Å²) in [6.07, 6.45) is 1.28. The van der Waals surface area contributed by atoms with Crippen molar-refractivity contribution in [2.75, 3.05) is 4.72 Å². The normalized spacial score (nSPS) is 11.3. The second-order valence-corrected chi connectivity index (χ2v) is 5.90. The van der Waals surface area contributed by atoms with Gasteiger partial charge in [0.2, 0.25) is 5.03 Å². The molecule has 0 atom stereocenters. The summed E-state index contributed by atoms with van der Waals surface area (Å²) in [5.41, 5.74) is 0.278. The Labute approximate surface area is 119 Å². The molecule has 20 heavy (non-hydrogen) atoms. The first-order valence-corrected chi connectivity index (χ1v) is 7.20. The van der Waals surface area contributed by atoms with Gasteiger partial charge in [-0.15, -0.1) is 0 Å². The standard InChI is InChI=1S/C11H10ClN3O4S/c1-15-6-13-10(9(15)12)20(18,19)14-8-4-2-7(3-5-8)11(16)17/h2-6,14H,1H3,(H,16,17). The average molecular weight is 316 g/mol. The number of halogens is 1. The van der Waals surface area contributed by atoms with Crippen LogP contribution in [0, 0.1) is 0 Å². The maximum atomic E-state index is 12.1. The van der Waals surface area contributed by atoms with E-state index in [0.717, 1.165) is 0 Å². The minimum atomic E-state index is -3.92. The molecule has 0 aliphatic rings. The topological polar surface area (TPSA) is 101 Å². The highest BCUT2D eigenvalue weighted by Crippen LogP contribution is 2.21. The summed E-state index contributed by atoms with van der Waals surface area (Å²) in [4.78, 5) is 14.4. The molecule has 0 radical (unpaired) electrons. The minimum absolute atomic E-state index is 0.0142. The quantitative estimate of drug-likeness (QED) is 0.891. The van der Waals surface area contributed by atoms with E-state index < -0.39 is 16.0 Å². The molecule has 1 aromatic carbocycles. The van der Waals surface area contributed by atoms with Crippen LogP contribution in [0.4, 0.5) is 5.69 Å². The van der Waals surface area contributed by atoms with Gasteiger partial charge in [0.25, 0.3) is 10.0 Å². The number of carboxylic acids is 1. The third-order valence-electron chi connectivity index (χ3n) is 2.47. The van der Waals surface area contributed by atoms with E-state index in [1.807, 2.05) is 0 Å². The molecule has 9 heteroatoms. The first kappa shape index (κ1) is 14.4. The number of sulfonamides is 1. The molecular formula is C11H10ClN3O4S. The van der Waals surface area contributed by atoms with Crippen molar-refractivity contribution in [3.05, 3.63) is 41.3 Å². The smallest absolute Gasteiger partial charge is 0.335 e. The van der Waals surface area contributed by atoms with Gasteiger partial charge in [-0.1, -0.05) is 11.6 Å². The number of benzene rings is 1. The molecule has 0 amide bonds. The van der Waals surface area contributed by atoms with E-state index in [1.165, 1.54) is 35.2 Å². The largest absolute Gasteiger partial charge is 0.478 e. The lowest BCUT2D eigenvalue weighted by Gasteiger charge is -2.06. The van der Waals surface area contributed by atoms with E-state index in [4.69, 9.17) is 16.7 Å². The molecule has 0 fully saturated rings. The molecule has 0 spiro atoms. The highest BCUT2D eigenvalue weighted by molar-refractivity contribution is 7.92. The Kier molecular flexibility index (Phi) is 3.69. The molecule has 1 heterocycles. The van der Waals surface area contributed by atoms with Crippen LogP contribution in [0.5, 0.6) is 0 Å². The average Bonchev–Trinajstić information content (AvgIpc) is 2.71. The summed E-state index contributed by atoms with van der Waals surface area (Å²) in [6, 6.07) is 5.27. The lowest BCUT2D eigenvalue weighted by Crippen LogP contribution is -2.14. The molecule has 0 saturated heterocycles. The zero-order chi connectivity index (χ0) is 14.9. The molecule has 2 N–H and O–H groups in total. The fourth-order valence-electron chi connectivity index (χ4n) is 1.46. The van der Waals surface area contributed by atoms with Crippen molar-refractivity contribution in [3.8, 4) is 0 Å². The summed E-state index contributed by atoms with van der Waals surface area (Å²) in [5, 5.41) is 8.45. The van der Waals surface area contributed by atoms with Crippen LogP contribution in [0.25, 0.3) is 0 Å².